The summed E-state index contributed by atoms with van der Waals surface area (Å²) in [4.78, 5) is 24.7. The number of carbonyl (C=O) groups is 2. The predicted octanol–water partition coefficient (Wildman–Crippen LogP) is 1.39. The summed E-state index contributed by atoms with van der Waals surface area (Å²) < 4.78 is 9.71. The fraction of sp³-hybridized carbons (Fsp3) is 0.429. The first-order chi connectivity index (χ1) is 9.08. The molecule has 0 spiro atoms. The highest BCUT2D eigenvalue weighted by Crippen LogP contribution is 2.39. The zero-order chi connectivity index (χ0) is 14.0. The van der Waals surface area contributed by atoms with E-state index in [0.717, 1.165) is 11.3 Å². The van der Waals surface area contributed by atoms with Crippen molar-refractivity contribution >= 4 is 11.9 Å². The third kappa shape index (κ3) is 2.41. The van der Waals surface area contributed by atoms with Gasteiger partial charge in [-0.3, -0.25) is 9.59 Å². The summed E-state index contributed by atoms with van der Waals surface area (Å²) in [6.07, 6.45) is 0. The van der Waals surface area contributed by atoms with Gasteiger partial charge >= 0.3 is 5.97 Å². The van der Waals surface area contributed by atoms with E-state index in [1.807, 2.05) is 31.2 Å². The number of ether oxygens (including phenoxy) is 2. The van der Waals surface area contributed by atoms with Crippen molar-refractivity contribution < 1.29 is 19.1 Å². The third-order valence-electron chi connectivity index (χ3n) is 3.47. The first-order valence-electron chi connectivity index (χ1n) is 6.09. The molecule has 19 heavy (non-hydrogen) atoms. The predicted molar refractivity (Wildman–Crippen MR) is 68.6 cm³/mol. The van der Waals surface area contributed by atoms with Crippen molar-refractivity contribution in [1.29, 1.82) is 0 Å². The first kappa shape index (κ1) is 13.4. The number of methoxy groups -OCH3 is 2. The molecule has 2 atom stereocenters. The van der Waals surface area contributed by atoms with Crippen LogP contribution >= 0.6 is 0 Å². The van der Waals surface area contributed by atoms with E-state index in [4.69, 9.17) is 4.74 Å². The van der Waals surface area contributed by atoms with E-state index in [-0.39, 0.29) is 24.4 Å². The molecule has 1 aliphatic rings. The summed E-state index contributed by atoms with van der Waals surface area (Å²) >= 11 is 0. The topological polar surface area (TPSA) is 55.8 Å². The number of hydrogen-bond donors (Lipinski definition) is 0. The number of β-lactam (4-membered cyclic amide) rings is 1. The van der Waals surface area contributed by atoms with Crippen molar-refractivity contribution in [1.82, 2.24) is 4.90 Å². The molecule has 1 amide bonds. The molecule has 0 N–H and O–H groups in total. The molecule has 1 saturated heterocycles. The highest BCUT2D eigenvalue weighted by Gasteiger charge is 2.45. The van der Waals surface area contributed by atoms with Crippen LogP contribution in [0.3, 0.4) is 0 Å². The number of rotatable bonds is 4. The quantitative estimate of drug-likeness (QED) is 0.608. The Morgan fingerprint density at radius 1 is 1.26 bits per heavy atom. The van der Waals surface area contributed by atoms with Gasteiger partial charge in [-0.05, 0) is 17.7 Å². The molecular weight excluding hydrogens is 246 g/mol. The zero-order valence-corrected chi connectivity index (χ0v) is 11.3. The van der Waals surface area contributed by atoms with Crippen LogP contribution in [0.2, 0.25) is 0 Å². The van der Waals surface area contributed by atoms with Crippen LogP contribution in [0.25, 0.3) is 0 Å². The van der Waals surface area contributed by atoms with Crippen LogP contribution in [0.15, 0.2) is 24.3 Å². The molecule has 1 aliphatic heterocycles. The van der Waals surface area contributed by atoms with Gasteiger partial charge in [0, 0.05) is 0 Å². The van der Waals surface area contributed by atoms with Crippen LogP contribution < -0.4 is 4.74 Å². The largest absolute Gasteiger partial charge is 0.497 e. The SMILES string of the molecule is COC(=O)CN1C(=O)[C@@H](C)[C@@H]1c1ccc(OC)cc1. The molecule has 102 valence electrons. The maximum Gasteiger partial charge on any atom is 0.325 e. The minimum absolute atomic E-state index is 0.00360. The number of likely N-dealkylation sites (tertiary alicyclic amines) is 1. The Labute approximate surface area is 112 Å². The minimum Gasteiger partial charge on any atom is -0.497 e. The number of benzene rings is 1. The first-order valence-corrected chi connectivity index (χ1v) is 6.09. The van der Waals surface area contributed by atoms with Gasteiger partial charge in [-0.1, -0.05) is 19.1 Å². The maximum absolute atomic E-state index is 11.8. The van der Waals surface area contributed by atoms with Gasteiger partial charge in [0.05, 0.1) is 26.2 Å². The zero-order valence-electron chi connectivity index (χ0n) is 11.3. The normalized spacial score (nSPS) is 21.8. The smallest absolute Gasteiger partial charge is 0.325 e. The fourth-order valence-corrected chi connectivity index (χ4v) is 2.37. The third-order valence-corrected chi connectivity index (χ3v) is 3.47. The molecular formula is C14H17NO4. The van der Waals surface area contributed by atoms with Gasteiger partial charge < -0.3 is 14.4 Å². The molecule has 0 bridgehead atoms. The number of hydrogen-bond acceptors (Lipinski definition) is 4. The number of amides is 1. The molecule has 1 fully saturated rings. The Hall–Kier alpha value is -2.04. The van der Waals surface area contributed by atoms with Gasteiger partial charge in [0.25, 0.3) is 0 Å². The molecule has 0 unspecified atom stereocenters. The van der Waals surface area contributed by atoms with Gasteiger partial charge in [0.1, 0.15) is 12.3 Å². The van der Waals surface area contributed by atoms with E-state index in [0.29, 0.717) is 0 Å². The van der Waals surface area contributed by atoms with Crippen molar-refractivity contribution in [2.24, 2.45) is 5.92 Å². The second-order valence-corrected chi connectivity index (χ2v) is 4.55. The van der Waals surface area contributed by atoms with Crippen molar-refractivity contribution in [3.63, 3.8) is 0 Å². The summed E-state index contributed by atoms with van der Waals surface area (Å²) in [5.74, 6) is 0.226. The van der Waals surface area contributed by atoms with Gasteiger partial charge in [0.2, 0.25) is 5.91 Å². The minimum atomic E-state index is -0.404. The maximum atomic E-state index is 11.8. The van der Waals surface area contributed by atoms with E-state index in [9.17, 15) is 9.59 Å². The Morgan fingerprint density at radius 2 is 1.89 bits per heavy atom. The summed E-state index contributed by atoms with van der Waals surface area (Å²) in [6, 6.07) is 7.45. The molecule has 1 heterocycles. The summed E-state index contributed by atoms with van der Waals surface area (Å²) in [5, 5.41) is 0. The Kier molecular flexibility index (Phi) is 3.74. The number of esters is 1. The highest BCUT2D eigenvalue weighted by atomic mass is 16.5. The molecule has 2 rings (SSSR count). The van der Waals surface area contributed by atoms with Gasteiger partial charge in [0.15, 0.2) is 0 Å². The van der Waals surface area contributed by atoms with Gasteiger partial charge in [-0.25, -0.2) is 0 Å². The molecule has 0 radical (unpaired) electrons. The lowest BCUT2D eigenvalue weighted by Crippen LogP contribution is -2.55. The van der Waals surface area contributed by atoms with Crippen LogP contribution in [0, 0.1) is 5.92 Å². The van der Waals surface area contributed by atoms with E-state index in [2.05, 4.69) is 4.74 Å². The Balaban J connectivity index is 2.16. The lowest BCUT2D eigenvalue weighted by atomic mass is 9.84. The van der Waals surface area contributed by atoms with E-state index >= 15 is 0 Å². The molecule has 1 aromatic carbocycles. The number of carbonyl (C=O) groups excluding carboxylic acids is 2. The van der Waals surface area contributed by atoms with E-state index in [1.165, 1.54) is 12.0 Å². The van der Waals surface area contributed by atoms with Gasteiger partial charge in [-0.2, -0.15) is 0 Å². The monoisotopic (exact) mass is 263 g/mol. The molecule has 5 nitrogen and oxygen atoms in total. The van der Waals surface area contributed by atoms with Crippen molar-refractivity contribution in [3.05, 3.63) is 29.8 Å². The average molecular weight is 263 g/mol. The lowest BCUT2D eigenvalue weighted by Gasteiger charge is -2.45. The summed E-state index contributed by atoms with van der Waals surface area (Å²) in [6.45, 7) is 1.86. The molecule has 0 aliphatic carbocycles. The molecule has 5 heteroatoms. The average Bonchev–Trinajstić information content (AvgIpc) is 2.46. The van der Waals surface area contributed by atoms with Crippen molar-refractivity contribution in [2.75, 3.05) is 20.8 Å². The molecule has 1 aromatic rings. The van der Waals surface area contributed by atoms with Gasteiger partial charge in [-0.15, -0.1) is 0 Å². The van der Waals surface area contributed by atoms with Crippen LogP contribution in [-0.2, 0) is 14.3 Å². The number of nitrogens with zero attached hydrogens (tertiary/aromatic N) is 1. The van der Waals surface area contributed by atoms with E-state index in [1.54, 1.807) is 7.11 Å². The Morgan fingerprint density at radius 3 is 2.42 bits per heavy atom. The Bertz CT molecular complexity index is 483. The fourth-order valence-electron chi connectivity index (χ4n) is 2.37. The highest BCUT2D eigenvalue weighted by molar-refractivity contribution is 5.89. The molecule has 0 saturated carbocycles. The standard InChI is InChI=1S/C14H17NO4/c1-9-13(10-4-6-11(18-2)7-5-10)15(14(9)17)8-12(16)19-3/h4-7,9,13H,8H2,1-3H3/t9-,13+/m0/s1. The van der Waals surface area contributed by atoms with Crippen LogP contribution in [-0.4, -0.2) is 37.5 Å². The van der Waals surface area contributed by atoms with Crippen LogP contribution in [0.1, 0.15) is 18.5 Å². The van der Waals surface area contributed by atoms with Crippen LogP contribution in [0.5, 0.6) is 5.75 Å². The lowest BCUT2D eigenvalue weighted by molar-refractivity contribution is -0.163. The second-order valence-electron chi connectivity index (χ2n) is 4.55. The summed E-state index contributed by atoms with van der Waals surface area (Å²) in [7, 11) is 2.92. The van der Waals surface area contributed by atoms with Crippen LogP contribution in [0.4, 0.5) is 0 Å². The van der Waals surface area contributed by atoms with E-state index < -0.39 is 5.97 Å². The summed E-state index contributed by atoms with van der Waals surface area (Å²) in [5.41, 5.74) is 0.997. The van der Waals surface area contributed by atoms with Crippen molar-refractivity contribution in [3.8, 4) is 5.75 Å². The molecule has 0 aromatic heterocycles. The second kappa shape index (κ2) is 5.30. The van der Waals surface area contributed by atoms with Crippen molar-refractivity contribution in [2.45, 2.75) is 13.0 Å².